The molecule has 0 spiro atoms. The number of anilines is 1. The second-order valence-electron chi connectivity index (χ2n) is 7.75. The molecule has 1 aromatic carbocycles. The van der Waals surface area contributed by atoms with Crippen LogP contribution in [0.25, 0.3) is 11.1 Å². The van der Waals surface area contributed by atoms with E-state index in [1.807, 2.05) is 43.3 Å². The molecule has 2 aliphatic rings. The zero-order valence-electron chi connectivity index (χ0n) is 17.1. The lowest BCUT2D eigenvalue weighted by molar-refractivity contribution is -0.132. The molecule has 3 heterocycles. The zero-order valence-corrected chi connectivity index (χ0v) is 17.1. The van der Waals surface area contributed by atoms with Crippen molar-refractivity contribution in [2.24, 2.45) is 0 Å². The van der Waals surface area contributed by atoms with Crippen LogP contribution >= 0.6 is 0 Å². The Kier molecular flexibility index (Phi) is 5.51. The maximum absolute atomic E-state index is 12.1. The molecule has 0 N–H and O–H groups in total. The first-order valence-corrected chi connectivity index (χ1v) is 10.3. The van der Waals surface area contributed by atoms with E-state index in [9.17, 15) is 9.59 Å². The highest BCUT2D eigenvalue weighted by molar-refractivity contribution is 5.96. The molecule has 0 saturated carbocycles. The summed E-state index contributed by atoms with van der Waals surface area (Å²) in [5, 5.41) is 0. The van der Waals surface area contributed by atoms with E-state index in [0.29, 0.717) is 25.2 Å². The van der Waals surface area contributed by atoms with Gasteiger partial charge in [-0.2, -0.15) is 0 Å². The van der Waals surface area contributed by atoms with Crippen LogP contribution < -0.4 is 9.64 Å². The first-order chi connectivity index (χ1) is 14.1. The fourth-order valence-electron chi connectivity index (χ4n) is 4.22. The highest BCUT2D eigenvalue weighted by Crippen LogP contribution is 2.32. The highest BCUT2D eigenvalue weighted by atomic mass is 16.5. The molecule has 29 heavy (non-hydrogen) atoms. The second-order valence-corrected chi connectivity index (χ2v) is 7.75. The van der Waals surface area contributed by atoms with Crippen molar-refractivity contribution in [3.8, 4) is 16.9 Å². The number of pyridine rings is 1. The molecule has 0 unspecified atom stereocenters. The molecule has 0 radical (unpaired) electrons. The molecule has 0 bridgehead atoms. The third kappa shape index (κ3) is 3.97. The quantitative estimate of drug-likeness (QED) is 0.781. The Morgan fingerprint density at radius 3 is 2.90 bits per heavy atom. The minimum atomic E-state index is 0.142. The molecule has 1 atom stereocenters. The SMILES string of the molecule is CCC(=O)N1CCC[C@@H]1COc1cncc(-c2ccc3c(c2)CCC(=O)N3C)c1. The van der Waals surface area contributed by atoms with Crippen molar-refractivity contribution in [3.63, 3.8) is 0 Å². The number of carbonyl (C=O) groups is 2. The van der Waals surface area contributed by atoms with E-state index in [1.54, 1.807) is 11.1 Å². The molecular weight excluding hydrogens is 366 g/mol. The summed E-state index contributed by atoms with van der Waals surface area (Å²) in [5.74, 6) is 1.06. The number of amides is 2. The Balaban J connectivity index is 1.48. The van der Waals surface area contributed by atoms with Gasteiger partial charge >= 0.3 is 0 Å². The van der Waals surface area contributed by atoms with Crippen LogP contribution in [0.15, 0.2) is 36.7 Å². The number of hydrogen-bond acceptors (Lipinski definition) is 4. The van der Waals surface area contributed by atoms with Crippen molar-refractivity contribution >= 4 is 17.5 Å². The first-order valence-electron chi connectivity index (χ1n) is 10.3. The molecule has 4 rings (SSSR count). The van der Waals surface area contributed by atoms with E-state index in [1.165, 1.54) is 5.56 Å². The van der Waals surface area contributed by atoms with Gasteiger partial charge < -0.3 is 14.5 Å². The predicted molar refractivity (Wildman–Crippen MR) is 112 cm³/mol. The highest BCUT2D eigenvalue weighted by Gasteiger charge is 2.28. The van der Waals surface area contributed by atoms with Gasteiger partial charge in [0.2, 0.25) is 11.8 Å². The molecule has 2 amide bonds. The summed E-state index contributed by atoms with van der Waals surface area (Å²) in [5.41, 5.74) is 4.20. The first kappa shape index (κ1) is 19.4. The van der Waals surface area contributed by atoms with Gasteiger partial charge in [-0.1, -0.05) is 13.0 Å². The Bertz CT molecular complexity index is 927. The number of ether oxygens (including phenoxy) is 1. The van der Waals surface area contributed by atoms with Crippen molar-refractivity contribution in [1.29, 1.82) is 0 Å². The van der Waals surface area contributed by atoms with E-state index < -0.39 is 0 Å². The van der Waals surface area contributed by atoms with Crippen LogP contribution in [0, 0.1) is 0 Å². The predicted octanol–water partition coefficient (Wildman–Crippen LogP) is 3.44. The van der Waals surface area contributed by atoms with Crippen LogP contribution in [0.2, 0.25) is 0 Å². The molecule has 2 aromatic rings. The molecule has 6 nitrogen and oxygen atoms in total. The fourth-order valence-corrected chi connectivity index (χ4v) is 4.22. The Hall–Kier alpha value is -2.89. The molecule has 0 aliphatic carbocycles. The molecule has 152 valence electrons. The minimum Gasteiger partial charge on any atom is -0.490 e. The van der Waals surface area contributed by atoms with Crippen LogP contribution in [0.4, 0.5) is 5.69 Å². The molecule has 1 saturated heterocycles. The molecule has 2 aliphatic heterocycles. The number of hydrogen-bond donors (Lipinski definition) is 0. The zero-order chi connectivity index (χ0) is 20.4. The summed E-state index contributed by atoms with van der Waals surface area (Å²) in [6.07, 6.45) is 7.40. The molecule has 1 fully saturated rings. The van der Waals surface area contributed by atoms with Crippen LogP contribution in [-0.2, 0) is 16.0 Å². The molecule has 6 heteroatoms. The van der Waals surface area contributed by atoms with Crippen molar-refractivity contribution in [2.45, 2.75) is 45.1 Å². The van der Waals surface area contributed by atoms with Crippen molar-refractivity contribution in [1.82, 2.24) is 9.88 Å². The maximum Gasteiger partial charge on any atom is 0.227 e. The van der Waals surface area contributed by atoms with E-state index in [-0.39, 0.29) is 17.9 Å². The number of rotatable bonds is 5. The van der Waals surface area contributed by atoms with Gasteiger partial charge in [0.05, 0.1) is 12.2 Å². The topological polar surface area (TPSA) is 62.7 Å². The summed E-state index contributed by atoms with van der Waals surface area (Å²) in [6.45, 7) is 3.22. The summed E-state index contributed by atoms with van der Waals surface area (Å²) in [4.78, 5) is 32.0. The fraction of sp³-hybridized carbons (Fsp3) is 0.435. The van der Waals surface area contributed by atoms with Crippen LogP contribution in [0.1, 0.15) is 38.2 Å². The van der Waals surface area contributed by atoms with Gasteiger partial charge in [-0.3, -0.25) is 14.6 Å². The lowest BCUT2D eigenvalue weighted by atomic mass is 9.97. The number of carbonyl (C=O) groups excluding carboxylic acids is 2. The van der Waals surface area contributed by atoms with Gasteiger partial charge in [0, 0.05) is 43.9 Å². The third-order valence-electron chi connectivity index (χ3n) is 5.91. The van der Waals surface area contributed by atoms with Gasteiger partial charge in [-0.15, -0.1) is 0 Å². The van der Waals surface area contributed by atoms with E-state index >= 15 is 0 Å². The minimum absolute atomic E-state index is 0.142. The Labute approximate surface area is 171 Å². The number of benzene rings is 1. The smallest absolute Gasteiger partial charge is 0.227 e. The summed E-state index contributed by atoms with van der Waals surface area (Å²) >= 11 is 0. The van der Waals surface area contributed by atoms with Crippen molar-refractivity contribution in [2.75, 3.05) is 25.1 Å². The normalized spacial score (nSPS) is 18.7. The molecular formula is C23H27N3O3. The summed E-state index contributed by atoms with van der Waals surface area (Å²) in [7, 11) is 1.83. The Morgan fingerprint density at radius 2 is 2.07 bits per heavy atom. The lowest BCUT2D eigenvalue weighted by Crippen LogP contribution is -2.38. The summed E-state index contributed by atoms with van der Waals surface area (Å²) in [6, 6.07) is 8.29. The van der Waals surface area contributed by atoms with Gasteiger partial charge in [-0.25, -0.2) is 0 Å². The third-order valence-corrected chi connectivity index (χ3v) is 5.91. The maximum atomic E-state index is 12.1. The van der Waals surface area contributed by atoms with Crippen LogP contribution in [0.3, 0.4) is 0 Å². The monoisotopic (exact) mass is 393 g/mol. The molecule has 1 aromatic heterocycles. The van der Waals surface area contributed by atoms with Crippen LogP contribution in [0.5, 0.6) is 5.75 Å². The van der Waals surface area contributed by atoms with E-state index in [0.717, 1.165) is 42.6 Å². The van der Waals surface area contributed by atoms with Gasteiger partial charge in [0.1, 0.15) is 12.4 Å². The summed E-state index contributed by atoms with van der Waals surface area (Å²) < 4.78 is 6.01. The van der Waals surface area contributed by atoms with Gasteiger partial charge in [0.25, 0.3) is 0 Å². The van der Waals surface area contributed by atoms with Crippen LogP contribution in [-0.4, -0.2) is 47.9 Å². The lowest BCUT2D eigenvalue weighted by Gasteiger charge is -2.26. The number of nitrogens with zero attached hydrogens (tertiary/aromatic N) is 3. The largest absolute Gasteiger partial charge is 0.490 e. The van der Waals surface area contributed by atoms with E-state index in [4.69, 9.17) is 4.74 Å². The van der Waals surface area contributed by atoms with Gasteiger partial charge in [0.15, 0.2) is 0 Å². The van der Waals surface area contributed by atoms with Crippen molar-refractivity contribution in [3.05, 3.63) is 42.2 Å². The van der Waals surface area contributed by atoms with E-state index in [2.05, 4.69) is 11.1 Å². The number of aryl methyl sites for hydroxylation is 1. The average molecular weight is 393 g/mol. The van der Waals surface area contributed by atoms with Gasteiger partial charge in [-0.05, 0) is 48.6 Å². The standard InChI is InChI=1S/C23H27N3O3/c1-3-22(27)26-10-4-5-19(26)15-29-20-12-18(13-24-14-20)16-6-8-21-17(11-16)7-9-23(28)25(21)2/h6,8,11-14,19H,3-5,7,9-10,15H2,1-2H3/t19-/m1/s1. The second kappa shape index (κ2) is 8.23. The average Bonchev–Trinajstić information content (AvgIpc) is 3.23. The van der Waals surface area contributed by atoms with Crippen molar-refractivity contribution < 1.29 is 14.3 Å². The number of fused-ring (bicyclic) bond motifs is 1. The number of likely N-dealkylation sites (tertiary alicyclic amines) is 1. The Morgan fingerprint density at radius 1 is 1.21 bits per heavy atom. The number of aromatic nitrogens is 1.